The van der Waals surface area contributed by atoms with Gasteiger partial charge in [0, 0.05) is 24.5 Å². The van der Waals surface area contributed by atoms with Gasteiger partial charge in [-0.05, 0) is 48.6 Å². The van der Waals surface area contributed by atoms with E-state index >= 15 is 0 Å². The van der Waals surface area contributed by atoms with Gasteiger partial charge in [-0.15, -0.1) is 0 Å². The van der Waals surface area contributed by atoms with Crippen LogP contribution in [0.2, 0.25) is 0 Å². The maximum Gasteiger partial charge on any atom is 0.316 e. The lowest BCUT2D eigenvalue weighted by molar-refractivity contribution is -0.116. The number of hydrogen-bond acceptors (Lipinski definition) is 3. The molecule has 37 heavy (non-hydrogen) atoms. The first-order valence-electron chi connectivity index (χ1n) is 12.1. The molecule has 1 aliphatic rings. The molecule has 3 aromatic carbocycles. The molecule has 194 valence electrons. The first-order valence-corrected chi connectivity index (χ1v) is 12.1. The van der Waals surface area contributed by atoms with Crippen LogP contribution in [0, 0.1) is 5.41 Å². The second-order valence-electron chi connectivity index (χ2n) is 8.95. The largest absolute Gasteiger partial charge is 0.351 e. The standard InChI is InChI=1S/C28H32N6O2.H2S/c29-27(36)32-24-15-7-14-23(18-24)31-26(35)20-33-19-25(17-22-11-5-2-6-12-22)34(28(33)30)16-8-13-21-9-3-1-4-10-21;/h1-7,9-12,14-15,18,25,30H,8,13,16-17,19-20H2,(H,31,35)(H3,29,32,36);1H2/t25-;/m0./s1. The van der Waals surface area contributed by atoms with Crippen molar-refractivity contribution in [3.05, 3.63) is 96.1 Å². The molecule has 1 heterocycles. The minimum atomic E-state index is -0.666. The lowest BCUT2D eigenvalue weighted by Crippen LogP contribution is -2.39. The number of guanidine groups is 1. The molecule has 0 bridgehead atoms. The summed E-state index contributed by atoms with van der Waals surface area (Å²) in [7, 11) is 0. The van der Waals surface area contributed by atoms with Gasteiger partial charge in [0.1, 0.15) is 6.54 Å². The first-order chi connectivity index (χ1) is 17.5. The van der Waals surface area contributed by atoms with Gasteiger partial charge in [0.05, 0.1) is 6.04 Å². The van der Waals surface area contributed by atoms with Crippen LogP contribution in [0.25, 0.3) is 0 Å². The topological polar surface area (TPSA) is 115 Å². The molecule has 4 rings (SSSR count). The van der Waals surface area contributed by atoms with Crippen molar-refractivity contribution in [3.63, 3.8) is 0 Å². The highest BCUT2D eigenvalue weighted by Gasteiger charge is 2.35. The zero-order valence-electron chi connectivity index (χ0n) is 20.7. The van der Waals surface area contributed by atoms with E-state index < -0.39 is 6.03 Å². The minimum absolute atomic E-state index is 0. The van der Waals surface area contributed by atoms with Crippen LogP contribution in [-0.2, 0) is 17.6 Å². The Hall–Kier alpha value is -3.98. The fourth-order valence-corrected chi connectivity index (χ4v) is 4.57. The number of carbonyl (C=O) groups is 2. The van der Waals surface area contributed by atoms with Gasteiger partial charge in [0.2, 0.25) is 5.91 Å². The van der Waals surface area contributed by atoms with E-state index in [2.05, 4.69) is 39.8 Å². The van der Waals surface area contributed by atoms with Crippen molar-refractivity contribution >= 4 is 42.8 Å². The van der Waals surface area contributed by atoms with Crippen molar-refractivity contribution in [2.75, 3.05) is 30.3 Å². The van der Waals surface area contributed by atoms with E-state index in [-0.39, 0.29) is 32.0 Å². The molecule has 0 aromatic heterocycles. The molecule has 0 aliphatic carbocycles. The number of aryl methyl sites for hydroxylation is 1. The highest BCUT2D eigenvalue weighted by atomic mass is 32.1. The number of nitrogens with one attached hydrogen (secondary N) is 3. The van der Waals surface area contributed by atoms with Crippen LogP contribution in [0.4, 0.5) is 16.2 Å². The Morgan fingerprint density at radius 3 is 2.16 bits per heavy atom. The summed E-state index contributed by atoms with van der Waals surface area (Å²) in [5.41, 5.74) is 8.73. The Labute approximate surface area is 224 Å². The summed E-state index contributed by atoms with van der Waals surface area (Å²) < 4.78 is 0. The Morgan fingerprint density at radius 2 is 1.51 bits per heavy atom. The fourth-order valence-electron chi connectivity index (χ4n) is 4.57. The Kier molecular flexibility index (Phi) is 9.97. The van der Waals surface area contributed by atoms with E-state index in [9.17, 15) is 9.59 Å². The van der Waals surface area contributed by atoms with E-state index in [4.69, 9.17) is 11.1 Å². The second-order valence-corrected chi connectivity index (χ2v) is 8.95. The van der Waals surface area contributed by atoms with Gasteiger partial charge < -0.3 is 26.2 Å². The van der Waals surface area contributed by atoms with Gasteiger partial charge in [-0.1, -0.05) is 66.7 Å². The van der Waals surface area contributed by atoms with Gasteiger partial charge in [-0.3, -0.25) is 10.2 Å². The molecule has 1 saturated heterocycles. The fraction of sp³-hybridized carbons (Fsp3) is 0.250. The predicted octanol–water partition coefficient (Wildman–Crippen LogP) is 4.02. The number of primary amides is 1. The van der Waals surface area contributed by atoms with E-state index in [1.54, 1.807) is 24.3 Å². The molecule has 3 aromatic rings. The van der Waals surface area contributed by atoms with Crippen LogP contribution in [0.5, 0.6) is 0 Å². The van der Waals surface area contributed by atoms with Crippen molar-refractivity contribution in [1.82, 2.24) is 9.80 Å². The lowest BCUT2D eigenvalue weighted by Gasteiger charge is -2.25. The summed E-state index contributed by atoms with van der Waals surface area (Å²) in [4.78, 5) is 27.9. The molecule has 1 fully saturated rings. The van der Waals surface area contributed by atoms with Crippen LogP contribution in [0.3, 0.4) is 0 Å². The van der Waals surface area contributed by atoms with Crippen molar-refractivity contribution in [3.8, 4) is 0 Å². The maximum absolute atomic E-state index is 12.8. The first kappa shape index (κ1) is 27.6. The minimum Gasteiger partial charge on any atom is -0.351 e. The Bertz CT molecular complexity index is 1190. The average Bonchev–Trinajstić information content (AvgIpc) is 3.14. The summed E-state index contributed by atoms with van der Waals surface area (Å²) in [5.74, 6) is 0.156. The van der Waals surface area contributed by atoms with Crippen molar-refractivity contribution in [2.45, 2.75) is 25.3 Å². The number of nitrogens with zero attached hydrogens (tertiary/aromatic N) is 2. The quantitative estimate of drug-likeness (QED) is 0.324. The molecule has 3 amide bonds. The average molecular weight is 519 g/mol. The lowest BCUT2D eigenvalue weighted by atomic mass is 10.0. The van der Waals surface area contributed by atoms with Gasteiger partial charge in [0.25, 0.3) is 0 Å². The van der Waals surface area contributed by atoms with Crippen molar-refractivity contribution in [1.29, 1.82) is 5.41 Å². The van der Waals surface area contributed by atoms with Crippen molar-refractivity contribution in [2.24, 2.45) is 5.73 Å². The van der Waals surface area contributed by atoms with Gasteiger partial charge >= 0.3 is 6.03 Å². The van der Waals surface area contributed by atoms with Crippen LogP contribution in [0.15, 0.2) is 84.9 Å². The summed E-state index contributed by atoms with van der Waals surface area (Å²) in [6.45, 7) is 1.44. The summed E-state index contributed by atoms with van der Waals surface area (Å²) in [5, 5.41) is 14.2. The van der Waals surface area contributed by atoms with Gasteiger partial charge in [0.15, 0.2) is 5.96 Å². The van der Waals surface area contributed by atoms with E-state index in [1.807, 2.05) is 41.3 Å². The molecule has 0 unspecified atom stereocenters. The number of anilines is 2. The summed E-state index contributed by atoms with van der Waals surface area (Å²) in [6, 6.07) is 26.9. The number of hydrogen-bond donors (Lipinski definition) is 4. The van der Waals surface area contributed by atoms with Crippen LogP contribution < -0.4 is 16.4 Å². The van der Waals surface area contributed by atoms with Gasteiger partial charge in [-0.25, -0.2) is 4.79 Å². The molecule has 0 spiro atoms. The molecule has 5 N–H and O–H groups in total. The molecule has 1 atom stereocenters. The van der Waals surface area contributed by atoms with Crippen LogP contribution in [0.1, 0.15) is 17.5 Å². The normalized spacial score (nSPS) is 14.7. The summed E-state index contributed by atoms with van der Waals surface area (Å²) >= 11 is 0. The monoisotopic (exact) mass is 518 g/mol. The highest BCUT2D eigenvalue weighted by Crippen LogP contribution is 2.21. The number of rotatable bonds is 10. The third-order valence-electron chi connectivity index (χ3n) is 6.21. The van der Waals surface area contributed by atoms with E-state index in [0.717, 1.165) is 25.8 Å². The van der Waals surface area contributed by atoms with Crippen LogP contribution >= 0.6 is 13.5 Å². The molecule has 0 radical (unpaired) electrons. The number of urea groups is 1. The maximum atomic E-state index is 12.8. The number of amides is 3. The third-order valence-corrected chi connectivity index (χ3v) is 6.21. The van der Waals surface area contributed by atoms with E-state index in [1.165, 1.54) is 11.1 Å². The van der Waals surface area contributed by atoms with Crippen molar-refractivity contribution < 1.29 is 9.59 Å². The zero-order valence-corrected chi connectivity index (χ0v) is 21.7. The number of benzene rings is 3. The molecule has 9 heteroatoms. The smallest absolute Gasteiger partial charge is 0.316 e. The molecule has 8 nitrogen and oxygen atoms in total. The zero-order chi connectivity index (χ0) is 25.3. The number of carbonyl (C=O) groups excluding carboxylic acids is 2. The second kappa shape index (κ2) is 13.4. The molecular formula is C28H34N6O2S. The highest BCUT2D eigenvalue weighted by molar-refractivity contribution is 7.59. The molecule has 1 aliphatic heterocycles. The summed E-state index contributed by atoms with van der Waals surface area (Å²) in [6.07, 6.45) is 2.68. The Morgan fingerprint density at radius 1 is 0.892 bits per heavy atom. The molecule has 0 saturated carbocycles. The molecular weight excluding hydrogens is 484 g/mol. The third kappa shape index (κ3) is 8.01. The Balaban J connectivity index is 0.00000380. The number of nitrogens with two attached hydrogens (primary N) is 1. The van der Waals surface area contributed by atoms with Gasteiger partial charge in [-0.2, -0.15) is 13.5 Å². The predicted molar refractivity (Wildman–Crippen MR) is 153 cm³/mol. The van der Waals surface area contributed by atoms with Crippen LogP contribution in [-0.4, -0.2) is 53.4 Å². The van der Waals surface area contributed by atoms with E-state index in [0.29, 0.717) is 23.9 Å². The SMILES string of the molecule is N=C1N(CC(=O)Nc2cccc(NC(N)=O)c2)C[C@H](Cc2ccccc2)N1CCCc1ccccc1.S.